The Labute approximate surface area is 171 Å². The van der Waals surface area contributed by atoms with Crippen LogP contribution in [-0.4, -0.2) is 58.6 Å². The molecule has 0 bridgehead atoms. The SMILES string of the molecule is CC[C@@H]1CN(C(=O)c2ccc3ccn(C)c3n2)CC[C@@H]1NC(=O)C1CCOCC1. The Morgan fingerprint density at radius 3 is 2.76 bits per heavy atom. The van der Waals surface area contributed by atoms with E-state index in [1.807, 2.05) is 40.9 Å². The molecule has 4 rings (SSSR count). The number of aromatic nitrogens is 2. The predicted octanol–water partition coefficient (Wildman–Crippen LogP) is 2.36. The number of piperidine rings is 1. The molecule has 2 aromatic heterocycles. The Balaban J connectivity index is 1.41. The van der Waals surface area contributed by atoms with Gasteiger partial charge in [-0.15, -0.1) is 0 Å². The average Bonchev–Trinajstić information content (AvgIpc) is 3.14. The van der Waals surface area contributed by atoms with Crippen molar-refractivity contribution in [2.45, 2.75) is 38.6 Å². The van der Waals surface area contributed by atoms with Gasteiger partial charge in [-0.05, 0) is 49.8 Å². The third kappa shape index (κ3) is 4.15. The van der Waals surface area contributed by atoms with Crippen molar-refractivity contribution in [2.24, 2.45) is 18.9 Å². The first-order chi connectivity index (χ1) is 14.1. The molecule has 2 atom stereocenters. The summed E-state index contributed by atoms with van der Waals surface area (Å²) in [6, 6.07) is 5.89. The minimum absolute atomic E-state index is 0.0271. The minimum atomic E-state index is -0.0271. The molecule has 7 heteroatoms. The number of fused-ring (bicyclic) bond motifs is 1. The zero-order valence-corrected chi connectivity index (χ0v) is 17.3. The van der Waals surface area contributed by atoms with E-state index in [-0.39, 0.29) is 29.7 Å². The number of ether oxygens (including phenoxy) is 1. The number of carbonyl (C=O) groups excluding carboxylic acids is 2. The molecule has 4 heterocycles. The molecule has 1 N–H and O–H groups in total. The molecular weight excluding hydrogens is 368 g/mol. The number of nitrogens with one attached hydrogen (secondary N) is 1. The van der Waals surface area contributed by atoms with Gasteiger partial charge in [-0.3, -0.25) is 9.59 Å². The van der Waals surface area contributed by atoms with Gasteiger partial charge in [0.25, 0.3) is 5.91 Å². The number of hydrogen-bond donors (Lipinski definition) is 1. The molecule has 0 aliphatic carbocycles. The molecule has 29 heavy (non-hydrogen) atoms. The first kappa shape index (κ1) is 19.9. The first-order valence-electron chi connectivity index (χ1n) is 10.7. The molecule has 0 aromatic carbocycles. The summed E-state index contributed by atoms with van der Waals surface area (Å²) in [6.07, 6.45) is 5.25. The third-order valence-electron chi connectivity index (χ3n) is 6.40. The van der Waals surface area contributed by atoms with Crippen molar-refractivity contribution in [3.05, 3.63) is 30.1 Å². The fraction of sp³-hybridized carbons (Fsp3) is 0.591. The van der Waals surface area contributed by atoms with Crippen molar-refractivity contribution in [1.29, 1.82) is 0 Å². The number of rotatable bonds is 4. The van der Waals surface area contributed by atoms with E-state index in [0.717, 1.165) is 36.7 Å². The standard InChI is InChI=1S/C22H30N4O3/c1-3-15-14-26(11-7-18(15)24-21(27)17-8-12-29-13-9-17)22(28)19-5-4-16-6-10-25(2)20(16)23-19/h4-6,10,15,17-18H,3,7-9,11-14H2,1-2H3,(H,24,27)/t15-,18+/m1/s1. The Hall–Kier alpha value is -2.41. The van der Waals surface area contributed by atoms with Gasteiger partial charge in [0, 0.05) is 56.9 Å². The van der Waals surface area contributed by atoms with Crippen LogP contribution in [0.2, 0.25) is 0 Å². The molecule has 7 nitrogen and oxygen atoms in total. The molecule has 156 valence electrons. The lowest BCUT2D eigenvalue weighted by atomic mass is 9.88. The second-order valence-electron chi connectivity index (χ2n) is 8.25. The normalized spacial score (nSPS) is 23.3. The van der Waals surface area contributed by atoms with Crippen LogP contribution in [0.3, 0.4) is 0 Å². The molecule has 0 radical (unpaired) electrons. The van der Waals surface area contributed by atoms with Crippen LogP contribution in [0.25, 0.3) is 11.0 Å². The van der Waals surface area contributed by atoms with Gasteiger partial charge in [0.05, 0.1) is 0 Å². The van der Waals surface area contributed by atoms with E-state index >= 15 is 0 Å². The summed E-state index contributed by atoms with van der Waals surface area (Å²) >= 11 is 0. The smallest absolute Gasteiger partial charge is 0.272 e. The predicted molar refractivity (Wildman–Crippen MR) is 110 cm³/mol. The van der Waals surface area contributed by atoms with Crippen LogP contribution in [0, 0.1) is 11.8 Å². The van der Waals surface area contributed by atoms with E-state index in [4.69, 9.17) is 4.74 Å². The van der Waals surface area contributed by atoms with Crippen LogP contribution in [0.15, 0.2) is 24.4 Å². The van der Waals surface area contributed by atoms with E-state index in [0.29, 0.717) is 32.0 Å². The van der Waals surface area contributed by atoms with E-state index in [1.165, 1.54) is 0 Å². The summed E-state index contributed by atoms with van der Waals surface area (Å²) in [6.45, 7) is 4.75. The second-order valence-corrected chi connectivity index (χ2v) is 8.25. The van der Waals surface area contributed by atoms with Crippen LogP contribution in [-0.2, 0) is 16.6 Å². The fourth-order valence-corrected chi connectivity index (χ4v) is 4.50. The maximum atomic E-state index is 13.1. The number of carbonyl (C=O) groups is 2. The molecule has 0 saturated carbocycles. The van der Waals surface area contributed by atoms with Crippen LogP contribution < -0.4 is 5.32 Å². The highest BCUT2D eigenvalue weighted by Crippen LogP contribution is 2.24. The van der Waals surface area contributed by atoms with Gasteiger partial charge in [0.15, 0.2) is 0 Å². The Bertz CT molecular complexity index is 887. The number of nitrogens with zero attached hydrogens (tertiary/aromatic N) is 3. The molecule has 2 amide bonds. The van der Waals surface area contributed by atoms with E-state index < -0.39 is 0 Å². The van der Waals surface area contributed by atoms with Crippen molar-refractivity contribution >= 4 is 22.8 Å². The van der Waals surface area contributed by atoms with Gasteiger partial charge in [-0.1, -0.05) is 6.92 Å². The molecule has 0 unspecified atom stereocenters. The van der Waals surface area contributed by atoms with E-state index in [1.54, 1.807) is 0 Å². The summed E-state index contributed by atoms with van der Waals surface area (Å²) in [4.78, 5) is 32.2. The average molecular weight is 399 g/mol. The van der Waals surface area contributed by atoms with Gasteiger partial charge in [0.1, 0.15) is 11.3 Å². The fourth-order valence-electron chi connectivity index (χ4n) is 4.50. The van der Waals surface area contributed by atoms with Gasteiger partial charge < -0.3 is 19.5 Å². The summed E-state index contributed by atoms with van der Waals surface area (Å²) in [5, 5.41) is 4.30. The monoisotopic (exact) mass is 398 g/mol. The summed E-state index contributed by atoms with van der Waals surface area (Å²) in [5.74, 6) is 0.436. The van der Waals surface area contributed by atoms with Crippen LogP contribution in [0.4, 0.5) is 0 Å². The number of likely N-dealkylation sites (tertiary alicyclic amines) is 1. The van der Waals surface area contributed by atoms with E-state index in [9.17, 15) is 9.59 Å². The Morgan fingerprint density at radius 1 is 1.21 bits per heavy atom. The van der Waals surface area contributed by atoms with Gasteiger partial charge in [0.2, 0.25) is 5.91 Å². The molecule has 2 aromatic rings. The molecule has 2 aliphatic rings. The topological polar surface area (TPSA) is 76.5 Å². The lowest BCUT2D eigenvalue weighted by Gasteiger charge is -2.39. The van der Waals surface area contributed by atoms with Crippen LogP contribution >= 0.6 is 0 Å². The lowest BCUT2D eigenvalue weighted by Crippen LogP contribution is -2.53. The van der Waals surface area contributed by atoms with Crippen molar-refractivity contribution < 1.29 is 14.3 Å². The van der Waals surface area contributed by atoms with Crippen LogP contribution in [0.5, 0.6) is 0 Å². The largest absolute Gasteiger partial charge is 0.381 e. The second kappa shape index (κ2) is 8.53. The Morgan fingerprint density at radius 2 is 2.00 bits per heavy atom. The quantitative estimate of drug-likeness (QED) is 0.858. The zero-order chi connectivity index (χ0) is 20.4. The number of amides is 2. The highest BCUT2D eigenvalue weighted by atomic mass is 16.5. The third-order valence-corrected chi connectivity index (χ3v) is 6.40. The summed E-state index contributed by atoms with van der Waals surface area (Å²) in [7, 11) is 1.93. The van der Waals surface area contributed by atoms with E-state index in [2.05, 4.69) is 17.2 Å². The molecular formula is C22H30N4O3. The highest BCUT2D eigenvalue weighted by Gasteiger charge is 2.33. The lowest BCUT2D eigenvalue weighted by molar-refractivity contribution is -0.129. The van der Waals surface area contributed by atoms with Gasteiger partial charge >= 0.3 is 0 Å². The zero-order valence-electron chi connectivity index (χ0n) is 17.3. The molecule has 0 spiro atoms. The van der Waals surface area contributed by atoms with Crippen molar-refractivity contribution in [2.75, 3.05) is 26.3 Å². The summed E-state index contributed by atoms with van der Waals surface area (Å²) in [5.41, 5.74) is 1.31. The molecule has 2 fully saturated rings. The molecule has 2 aliphatic heterocycles. The van der Waals surface area contributed by atoms with Gasteiger partial charge in [-0.25, -0.2) is 4.98 Å². The molecule has 2 saturated heterocycles. The summed E-state index contributed by atoms with van der Waals surface area (Å²) < 4.78 is 7.29. The number of hydrogen-bond acceptors (Lipinski definition) is 4. The van der Waals surface area contributed by atoms with Crippen molar-refractivity contribution in [3.8, 4) is 0 Å². The van der Waals surface area contributed by atoms with Gasteiger partial charge in [-0.2, -0.15) is 0 Å². The van der Waals surface area contributed by atoms with Crippen molar-refractivity contribution in [1.82, 2.24) is 19.8 Å². The highest BCUT2D eigenvalue weighted by molar-refractivity contribution is 5.94. The van der Waals surface area contributed by atoms with Crippen molar-refractivity contribution in [3.63, 3.8) is 0 Å². The minimum Gasteiger partial charge on any atom is -0.381 e. The first-order valence-corrected chi connectivity index (χ1v) is 10.7. The number of aryl methyl sites for hydroxylation is 1. The Kier molecular flexibility index (Phi) is 5.85. The number of pyridine rings is 1. The maximum absolute atomic E-state index is 13.1. The van der Waals surface area contributed by atoms with Crippen LogP contribution in [0.1, 0.15) is 43.1 Å². The maximum Gasteiger partial charge on any atom is 0.272 e.